The van der Waals surface area contributed by atoms with E-state index in [2.05, 4.69) is 33.0 Å². The summed E-state index contributed by atoms with van der Waals surface area (Å²) in [4.78, 5) is 15.8. The zero-order chi connectivity index (χ0) is 27.2. The van der Waals surface area contributed by atoms with Gasteiger partial charge in [-0.3, -0.25) is 4.79 Å². The number of hydrogen-bond acceptors (Lipinski definition) is 4. The minimum absolute atomic E-state index is 0.106. The second kappa shape index (κ2) is 12.6. The molecule has 0 radical (unpaired) electrons. The highest BCUT2D eigenvalue weighted by molar-refractivity contribution is 6.30. The number of carbonyl (C=O) groups is 1. The van der Waals surface area contributed by atoms with Gasteiger partial charge in [0.1, 0.15) is 11.5 Å². The average Bonchev–Trinajstić information content (AvgIpc) is 3.35. The van der Waals surface area contributed by atoms with Crippen LogP contribution in [0.25, 0.3) is 10.9 Å². The molecule has 5 rings (SSSR count). The highest BCUT2D eigenvalue weighted by atomic mass is 35.5. The van der Waals surface area contributed by atoms with Crippen LogP contribution in [0.5, 0.6) is 11.5 Å². The fraction of sp³-hybridized carbons (Fsp3) is 0.344. The summed E-state index contributed by atoms with van der Waals surface area (Å²) < 4.78 is 13.4. The number of amides is 1. The molecule has 1 aliphatic rings. The van der Waals surface area contributed by atoms with Gasteiger partial charge in [-0.2, -0.15) is 0 Å². The summed E-state index contributed by atoms with van der Waals surface area (Å²) >= 11 is 6.11. The lowest BCUT2D eigenvalue weighted by atomic mass is 9.89. The van der Waals surface area contributed by atoms with Gasteiger partial charge in [0.05, 0.1) is 25.3 Å². The number of para-hydroxylation sites is 2. The Morgan fingerprint density at radius 3 is 2.46 bits per heavy atom. The van der Waals surface area contributed by atoms with Crippen molar-refractivity contribution in [2.75, 3.05) is 33.9 Å². The third-order valence-electron chi connectivity index (χ3n) is 7.71. The molecule has 6 nitrogen and oxygen atoms in total. The number of ether oxygens (including phenoxy) is 2. The van der Waals surface area contributed by atoms with Gasteiger partial charge >= 0.3 is 0 Å². The molecule has 0 spiro atoms. The van der Waals surface area contributed by atoms with Crippen molar-refractivity contribution in [3.05, 3.63) is 94.6 Å². The molecule has 4 aromatic rings. The van der Waals surface area contributed by atoms with Gasteiger partial charge in [-0.1, -0.05) is 54.1 Å². The highest BCUT2D eigenvalue weighted by Crippen LogP contribution is 2.34. The fourth-order valence-corrected chi connectivity index (χ4v) is 5.92. The van der Waals surface area contributed by atoms with Crippen LogP contribution in [-0.4, -0.2) is 49.2 Å². The van der Waals surface area contributed by atoms with Gasteiger partial charge in [0.15, 0.2) is 0 Å². The van der Waals surface area contributed by atoms with E-state index >= 15 is 0 Å². The third kappa shape index (κ3) is 6.23. The van der Waals surface area contributed by atoms with Crippen molar-refractivity contribution >= 4 is 28.4 Å². The first-order valence-electron chi connectivity index (χ1n) is 13.6. The SMILES string of the molecule is COc1ccccc1C1CCN(CCCn2cc(C(=O)NCc3cccc(Cl)c3)c3cccc(OC)c32)CC1. The Balaban J connectivity index is 1.23. The molecule has 0 aliphatic carbocycles. The number of rotatable bonds is 10. The zero-order valence-corrected chi connectivity index (χ0v) is 23.4. The molecule has 39 heavy (non-hydrogen) atoms. The Kier molecular flexibility index (Phi) is 8.74. The van der Waals surface area contributed by atoms with Crippen LogP contribution >= 0.6 is 11.6 Å². The van der Waals surface area contributed by atoms with E-state index in [9.17, 15) is 4.79 Å². The summed E-state index contributed by atoms with van der Waals surface area (Å²) in [5, 5.41) is 4.61. The van der Waals surface area contributed by atoms with Crippen LogP contribution in [0.4, 0.5) is 0 Å². The maximum atomic E-state index is 13.2. The van der Waals surface area contributed by atoms with E-state index in [4.69, 9.17) is 21.1 Å². The van der Waals surface area contributed by atoms with Crippen molar-refractivity contribution in [1.82, 2.24) is 14.8 Å². The van der Waals surface area contributed by atoms with E-state index in [0.717, 1.165) is 73.4 Å². The predicted octanol–water partition coefficient (Wildman–Crippen LogP) is 6.51. The minimum Gasteiger partial charge on any atom is -0.496 e. The van der Waals surface area contributed by atoms with Gasteiger partial charge in [-0.05, 0) is 80.2 Å². The minimum atomic E-state index is -0.106. The van der Waals surface area contributed by atoms with Gasteiger partial charge in [-0.25, -0.2) is 0 Å². The summed E-state index contributed by atoms with van der Waals surface area (Å²) in [6.07, 6.45) is 5.23. The van der Waals surface area contributed by atoms with Crippen molar-refractivity contribution in [2.24, 2.45) is 0 Å². The largest absolute Gasteiger partial charge is 0.496 e. The number of methoxy groups -OCH3 is 2. The number of halogens is 1. The van der Waals surface area contributed by atoms with Gasteiger partial charge in [0.25, 0.3) is 5.91 Å². The van der Waals surface area contributed by atoms with E-state index in [0.29, 0.717) is 23.0 Å². The lowest BCUT2D eigenvalue weighted by Crippen LogP contribution is -2.34. The number of hydrogen-bond donors (Lipinski definition) is 1. The number of aryl methyl sites for hydroxylation is 1. The number of likely N-dealkylation sites (tertiary alicyclic amines) is 1. The van der Waals surface area contributed by atoms with Crippen molar-refractivity contribution in [1.29, 1.82) is 0 Å². The van der Waals surface area contributed by atoms with Crippen LogP contribution in [0.2, 0.25) is 5.02 Å². The fourth-order valence-electron chi connectivity index (χ4n) is 5.71. The van der Waals surface area contributed by atoms with Crippen molar-refractivity contribution in [2.45, 2.75) is 38.3 Å². The monoisotopic (exact) mass is 545 g/mol. The molecule has 7 heteroatoms. The molecule has 0 saturated carbocycles. The number of piperidine rings is 1. The lowest BCUT2D eigenvalue weighted by molar-refractivity contribution is 0.0952. The Morgan fingerprint density at radius 2 is 1.69 bits per heavy atom. The number of nitrogens with zero attached hydrogens (tertiary/aromatic N) is 2. The van der Waals surface area contributed by atoms with Gasteiger partial charge in [0, 0.05) is 29.7 Å². The summed E-state index contributed by atoms with van der Waals surface area (Å²) in [5.74, 6) is 2.21. The van der Waals surface area contributed by atoms with Crippen LogP contribution < -0.4 is 14.8 Å². The highest BCUT2D eigenvalue weighted by Gasteiger charge is 2.23. The molecule has 0 unspecified atom stereocenters. The Hall–Kier alpha value is -3.48. The molecule has 3 aromatic carbocycles. The molecule has 1 N–H and O–H groups in total. The van der Waals surface area contributed by atoms with E-state index in [1.54, 1.807) is 14.2 Å². The van der Waals surface area contributed by atoms with Gasteiger partial charge in [0.2, 0.25) is 0 Å². The molecule has 0 bridgehead atoms. The second-order valence-electron chi connectivity index (χ2n) is 10.1. The Bertz CT molecular complexity index is 1430. The first kappa shape index (κ1) is 27.1. The summed E-state index contributed by atoms with van der Waals surface area (Å²) in [6, 6.07) is 21.8. The topological polar surface area (TPSA) is 55.7 Å². The number of carbonyl (C=O) groups excluding carboxylic acids is 1. The molecule has 204 valence electrons. The van der Waals surface area contributed by atoms with Crippen molar-refractivity contribution in [3.63, 3.8) is 0 Å². The Labute approximate surface area is 235 Å². The number of nitrogens with one attached hydrogen (secondary N) is 1. The third-order valence-corrected chi connectivity index (χ3v) is 7.94. The van der Waals surface area contributed by atoms with Crippen molar-refractivity contribution < 1.29 is 14.3 Å². The molecular weight excluding hydrogens is 510 g/mol. The molecular formula is C32H36ClN3O3. The first-order chi connectivity index (χ1) is 19.1. The van der Waals surface area contributed by atoms with Crippen LogP contribution in [-0.2, 0) is 13.1 Å². The van der Waals surface area contributed by atoms with Gasteiger partial charge < -0.3 is 24.3 Å². The van der Waals surface area contributed by atoms with Crippen LogP contribution in [0.3, 0.4) is 0 Å². The lowest BCUT2D eigenvalue weighted by Gasteiger charge is -2.32. The van der Waals surface area contributed by atoms with Gasteiger partial charge in [-0.15, -0.1) is 0 Å². The number of aromatic nitrogens is 1. The van der Waals surface area contributed by atoms with Crippen LogP contribution in [0.15, 0.2) is 72.9 Å². The summed E-state index contributed by atoms with van der Waals surface area (Å²) in [5.41, 5.74) is 3.91. The van der Waals surface area contributed by atoms with E-state index < -0.39 is 0 Å². The normalized spacial score (nSPS) is 14.4. The number of fused-ring (bicyclic) bond motifs is 1. The first-order valence-corrected chi connectivity index (χ1v) is 14.0. The van der Waals surface area contributed by atoms with E-state index in [1.165, 1.54) is 5.56 Å². The Morgan fingerprint density at radius 1 is 0.949 bits per heavy atom. The number of benzene rings is 3. The van der Waals surface area contributed by atoms with Crippen LogP contribution in [0, 0.1) is 0 Å². The van der Waals surface area contributed by atoms with Crippen LogP contribution in [0.1, 0.15) is 46.7 Å². The molecule has 1 amide bonds. The quantitative estimate of drug-likeness (QED) is 0.247. The standard InChI is InChI=1S/C32H36ClN3O3/c1-38-29-12-4-3-10-26(29)24-14-18-35(19-15-24)16-7-17-36-22-28(27-11-6-13-30(39-2)31(27)36)32(37)34-21-23-8-5-9-25(33)20-23/h3-6,8-13,20,22,24H,7,14-19,21H2,1-2H3,(H,34,37). The van der Waals surface area contributed by atoms with Crippen molar-refractivity contribution in [3.8, 4) is 11.5 Å². The smallest absolute Gasteiger partial charge is 0.253 e. The molecule has 1 aliphatic heterocycles. The van der Waals surface area contributed by atoms with E-state index in [-0.39, 0.29) is 5.91 Å². The summed E-state index contributed by atoms with van der Waals surface area (Å²) in [7, 11) is 3.43. The molecule has 1 fully saturated rings. The summed E-state index contributed by atoms with van der Waals surface area (Å²) in [6.45, 7) is 4.40. The predicted molar refractivity (Wildman–Crippen MR) is 157 cm³/mol. The molecule has 1 saturated heterocycles. The maximum Gasteiger partial charge on any atom is 0.253 e. The van der Waals surface area contributed by atoms with E-state index in [1.807, 2.05) is 54.7 Å². The zero-order valence-electron chi connectivity index (χ0n) is 22.7. The maximum absolute atomic E-state index is 13.2. The second-order valence-corrected chi connectivity index (χ2v) is 10.6. The molecule has 0 atom stereocenters. The molecule has 2 heterocycles. The molecule has 1 aromatic heterocycles. The average molecular weight is 546 g/mol.